The fourth-order valence-corrected chi connectivity index (χ4v) is 2.13. The van der Waals surface area contributed by atoms with Gasteiger partial charge in [-0.15, -0.1) is 0 Å². The summed E-state index contributed by atoms with van der Waals surface area (Å²) in [5.74, 6) is -1.01. The lowest BCUT2D eigenvalue weighted by Gasteiger charge is -2.09. The first kappa shape index (κ1) is 14.6. The van der Waals surface area contributed by atoms with Gasteiger partial charge in [0.25, 0.3) is 0 Å². The van der Waals surface area contributed by atoms with Crippen LogP contribution in [-0.4, -0.2) is 16.1 Å². The van der Waals surface area contributed by atoms with Crippen molar-refractivity contribution < 1.29 is 14.6 Å². The van der Waals surface area contributed by atoms with Crippen molar-refractivity contribution in [3.8, 4) is 17.7 Å². The Morgan fingerprint density at radius 1 is 1.45 bits per heavy atom. The number of pyridine rings is 1. The number of nitrogens with zero attached hydrogens (tertiary/aromatic N) is 2. The first-order chi connectivity index (χ1) is 9.52. The number of rotatable bonds is 3. The molecule has 2 rings (SSSR count). The van der Waals surface area contributed by atoms with E-state index in [-0.39, 0.29) is 27.8 Å². The highest BCUT2D eigenvalue weighted by Gasteiger charge is 2.16. The fourth-order valence-electron chi connectivity index (χ4n) is 1.44. The molecular formula is C13H6ClIN2O3. The Kier molecular flexibility index (Phi) is 4.42. The molecule has 0 saturated heterocycles. The van der Waals surface area contributed by atoms with Crippen LogP contribution in [0.4, 0.5) is 0 Å². The minimum Gasteiger partial charge on any atom is -0.478 e. The van der Waals surface area contributed by atoms with E-state index >= 15 is 0 Å². The lowest BCUT2D eigenvalue weighted by Crippen LogP contribution is -2.01. The SMILES string of the molecule is N#Cc1ccnc(Oc2ccc(I)cc2C(=O)O)c1Cl. The molecule has 20 heavy (non-hydrogen) atoms. The number of aromatic carboxylic acids is 1. The zero-order valence-electron chi connectivity index (χ0n) is 9.80. The van der Waals surface area contributed by atoms with Gasteiger partial charge < -0.3 is 9.84 Å². The van der Waals surface area contributed by atoms with Gasteiger partial charge in [-0.1, -0.05) is 11.6 Å². The van der Waals surface area contributed by atoms with E-state index in [4.69, 9.17) is 26.7 Å². The summed E-state index contributed by atoms with van der Waals surface area (Å²) in [5, 5.41) is 18.1. The van der Waals surface area contributed by atoms with Crippen LogP contribution in [0.1, 0.15) is 15.9 Å². The average Bonchev–Trinajstić information content (AvgIpc) is 2.42. The van der Waals surface area contributed by atoms with Gasteiger partial charge in [0.2, 0.25) is 5.88 Å². The number of hydrogen-bond donors (Lipinski definition) is 1. The summed E-state index contributed by atoms with van der Waals surface area (Å²) in [6.07, 6.45) is 1.37. The molecule has 0 spiro atoms. The van der Waals surface area contributed by atoms with E-state index in [9.17, 15) is 4.79 Å². The molecule has 0 saturated carbocycles. The molecule has 0 amide bonds. The molecule has 0 fully saturated rings. The Hall–Kier alpha value is -1.85. The predicted molar refractivity (Wildman–Crippen MR) is 80.2 cm³/mol. The molecule has 5 nitrogen and oxygen atoms in total. The van der Waals surface area contributed by atoms with Crippen LogP contribution in [0.2, 0.25) is 5.02 Å². The highest BCUT2D eigenvalue weighted by molar-refractivity contribution is 14.1. The molecule has 0 bridgehead atoms. The number of halogens is 2. The van der Waals surface area contributed by atoms with Crippen LogP contribution in [0.3, 0.4) is 0 Å². The molecule has 0 aliphatic heterocycles. The van der Waals surface area contributed by atoms with Crippen molar-refractivity contribution in [2.75, 3.05) is 0 Å². The van der Waals surface area contributed by atoms with Gasteiger partial charge in [0.05, 0.1) is 5.56 Å². The number of benzene rings is 1. The fraction of sp³-hybridized carbons (Fsp3) is 0. The minimum atomic E-state index is -1.12. The molecule has 100 valence electrons. The average molecular weight is 401 g/mol. The quantitative estimate of drug-likeness (QED) is 0.794. The van der Waals surface area contributed by atoms with Crippen LogP contribution >= 0.6 is 34.2 Å². The normalized spacial score (nSPS) is 9.85. The summed E-state index contributed by atoms with van der Waals surface area (Å²) in [4.78, 5) is 15.1. The Morgan fingerprint density at radius 3 is 2.85 bits per heavy atom. The third kappa shape index (κ3) is 3.00. The van der Waals surface area contributed by atoms with Crippen molar-refractivity contribution in [2.24, 2.45) is 0 Å². The maximum atomic E-state index is 11.2. The van der Waals surface area contributed by atoms with Crippen LogP contribution in [0.5, 0.6) is 11.6 Å². The van der Waals surface area contributed by atoms with Crippen LogP contribution in [0.25, 0.3) is 0 Å². The highest BCUT2D eigenvalue weighted by atomic mass is 127. The number of ether oxygens (including phenoxy) is 1. The summed E-state index contributed by atoms with van der Waals surface area (Å²) >= 11 is 7.96. The molecular weight excluding hydrogens is 395 g/mol. The lowest BCUT2D eigenvalue weighted by atomic mass is 10.2. The van der Waals surface area contributed by atoms with Crippen molar-refractivity contribution in [3.63, 3.8) is 0 Å². The highest BCUT2D eigenvalue weighted by Crippen LogP contribution is 2.31. The lowest BCUT2D eigenvalue weighted by molar-refractivity contribution is 0.0694. The van der Waals surface area contributed by atoms with Gasteiger partial charge in [-0.25, -0.2) is 9.78 Å². The van der Waals surface area contributed by atoms with E-state index in [1.54, 1.807) is 6.07 Å². The van der Waals surface area contributed by atoms with Gasteiger partial charge in [-0.05, 0) is 46.9 Å². The third-order valence-electron chi connectivity index (χ3n) is 2.36. The van der Waals surface area contributed by atoms with Crippen LogP contribution in [0, 0.1) is 14.9 Å². The van der Waals surface area contributed by atoms with E-state index in [2.05, 4.69) is 4.98 Å². The number of aromatic nitrogens is 1. The van der Waals surface area contributed by atoms with Crippen LogP contribution < -0.4 is 4.74 Å². The molecule has 0 atom stereocenters. The largest absolute Gasteiger partial charge is 0.478 e. The minimum absolute atomic E-state index is 0.00266. The number of hydrogen-bond acceptors (Lipinski definition) is 4. The van der Waals surface area contributed by atoms with E-state index in [0.29, 0.717) is 0 Å². The van der Waals surface area contributed by atoms with Crippen LogP contribution in [-0.2, 0) is 0 Å². The molecule has 2 aromatic rings. The zero-order chi connectivity index (χ0) is 14.7. The van der Waals surface area contributed by atoms with E-state index in [1.165, 1.54) is 24.4 Å². The number of carboxylic acid groups (broad SMARTS) is 1. The topological polar surface area (TPSA) is 83.2 Å². The Labute approximate surface area is 132 Å². The smallest absolute Gasteiger partial charge is 0.339 e. The molecule has 0 unspecified atom stereocenters. The second kappa shape index (κ2) is 6.07. The summed E-state index contributed by atoms with van der Waals surface area (Å²) in [5.41, 5.74) is 0.205. The standard InChI is InChI=1S/C13H6ClIN2O3/c14-11-7(6-16)3-4-17-12(11)20-10-2-1-8(15)5-9(10)13(18)19/h1-5H,(H,18,19). The monoisotopic (exact) mass is 400 g/mol. The van der Waals surface area contributed by atoms with E-state index < -0.39 is 5.97 Å². The van der Waals surface area contributed by atoms with E-state index in [0.717, 1.165) is 3.57 Å². The number of nitriles is 1. The Morgan fingerprint density at radius 2 is 2.20 bits per heavy atom. The van der Waals surface area contributed by atoms with Gasteiger partial charge >= 0.3 is 5.97 Å². The van der Waals surface area contributed by atoms with Crippen LogP contribution in [0.15, 0.2) is 30.5 Å². The molecule has 7 heteroatoms. The summed E-state index contributed by atoms with van der Waals surface area (Å²) < 4.78 is 6.18. The van der Waals surface area contributed by atoms with Crippen molar-refractivity contribution in [1.29, 1.82) is 5.26 Å². The first-order valence-corrected chi connectivity index (χ1v) is 6.74. The number of carboxylic acids is 1. The zero-order valence-corrected chi connectivity index (χ0v) is 12.7. The van der Waals surface area contributed by atoms with E-state index in [1.807, 2.05) is 28.7 Å². The molecule has 1 aromatic carbocycles. The van der Waals surface area contributed by atoms with Crippen molar-refractivity contribution >= 4 is 40.2 Å². The summed E-state index contributed by atoms with van der Waals surface area (Å²) in [6, 6.07) is 8.03. The van der Waals surface area contributed by atoms with Crippen molar-refractivity contribution in [1.82, 2.24) is 4.98 Å². The van der Waals surface area contributed by atoms with Crippen molar-refractivity contribution in [3.05, 3.63) is 50.2 Å². The maximum absolute atomic E-state index is 11.2. The molecule has 0 aliphatic rings. The Balaban J connectivity index is 2.46. The number of carbonyl (C=O) groups is 1. The predicted octanol–water partition coefficient (Wildman–Crippen LogP) is 3.70. The maximum Gasteiger partial charge on any atom is 0.339 e. The van der Waals surface area contributed by atoms with Gasteiger partial charge in [0.15, 0.2) is 0 Å². The molecule has 1 aromatic heterocycles. The first-order valence-electron chi connectivity index (χ1n) is 5.28. The second-order valence-electron chi connectivity index (χ2n) is 3.64. The van der Waals surface area contributed by atoms with Gasteiger partial charge in [0.1, 0.15) is 22.4 Å². The Bertz CT molecular complexity index is 728. The summed E-state index contributed by atoms with van der Waals surface area (Å²) in [7, 11) is 0. The molecule has 0 radical (unpaired) electrons. The van der Waals surface area contributed by atoms with Gasteiger partial charge in [-0.2, -0.15) is 5.26 Å². The summed E-state index contributed by atoms with van der Waals surface area (Å²) in [6.45, 7) is 0. The van der Waals surface area contributed by atoms with Gasteiger partial charge in [0, 0.05) is 9.77 Å². The molecule has 0 aliphatic carbocycles. The van der Waals surface area contributed by atoms with Crippen molar-refractivity contribution in [2.45, 2.75) is 0 Å². The molecule has 1 heterocycles. The third-order valence-corrected chi connectivity index (χ3v) is 3.39. The van der Waals surface area contributed by atoms with Gasteiger partial charge in [-0.3, -0.25) is 0 Å². The molecule has 1 N–H and O–H groups in total. The second-order valence-corrected chi connectivity index (χ2v) is 5.26.